The first-order chi connectivity index (χ1) is 9.19. The van der Waals surface area contributed by atoms with Gasteiger partial charge in [0, 0.05) is 19.5 Å². The number of likely N-dealkylation sites (tertiary alicyclic amines) is 1. The van der Waals surface area contributed by atoms with Crippen LogP contribution in [0.4, 0.5) is 4.39 Å². The van der Waals surface area contributed by atoms with Crippen LogP contribution in [-0.2, 0) is 16.1 Å². The molecule has 1 aliphatic heterocycles. The van der Waals surface area contributed by atoms with E-state index in [0.717, 1.165) is 24.9 Å². The second-order valence-electron chi connectivity index (χ2n) is 4.90. The molecule has 1 aliphatic rings. The number of hydrogen-bond donors (Lipinski definition) is 0. The van der Waals surface area contributed by atoms with E-state index in [1.807, 2.05) is 11.8 Å². The molecule has 0 unspecified atom stereocenters. The Bertz CT molecular complexity index is 419. The van der Waals surface area contributed by atoms with Gasteiger partial charge in [0.1, 0.15) is 5.82 Å². The third kappa shape index (κ3) is 4.03. The van der Waals surface area contributed by atoms with Gasteiger partial charge in [-0.3, -0.25) is 4.79 Å². The van der Waals surface area contributed by atoms with E-state index in [2.05, 4.69) is 0 Å². The Labute approximate surface area is 113 Å². The zero-order valence-electron chi connectivity index (χ0n) is 11.3. The number of piperidine rings is 1. The Kier molecular flexibility index (Phi) is 4.91. The molecule has 2 rings (SSSR count). The van der Waals surface area contributed by atoms with Gasteiger partial charge in [0.25, 0.3) is 0 Å². The molecule has 1 saturated heterocycles. The molecule has 19 heavy (non-hydrogen) atoms. The van der Waals surface area contributed by atoms with Gasteiger partial charge in [-0.25, -0.2) is 4.39 Å². The van der Waals surface area contributed by atoms with Crippen LogP contribution in [0.1, 0.15) is 31.7 Å². The van der Waals surface area contributed by atoms with E-state index in [0.29, 0.717) is 19.6 Å². The predicted molar refractivity (Wildman–Crippen MR) is 71.1 cm³/mol. The lowest BCUT2D eigenvalue weighted by molar-refractivity contribution is -0.135. The average Bonchev–Trinajstić information content (AvgIpc) is 2.46. The topological polar surface area (TPSA) is 29.5 Å². The molecule has 4 heteroatoms. The Hall–Kier alpha value is -1.42. The number of amides is 1. The maximum atomic E-state index is 12.8. The molecule has 0 spiro atoms. The van der Waals surface area contributed by atoms with E-state index in [1.165, 1.54) is 12.1 Å². The molecule has 1 aromatic carbocycles. The first-order valence-electron chi connectivity index (χ1n) is 6.83. The summed E-state index contributed by atoms with van der Waals surface area (Å²) < 4.78 is 18.6. The molecule has 1 amide bonds. The summed E-state index contributed by atoms with van der Waals surface area (Å²) in [5, 5.41) is 0. The normalized spacial score (nSPS) is 19.5. The van der Waals surface area contributed by atoms with Gasteiger partial charge in [0.15, 0.2) is 0 Å². The highest BCUT2D eigenvalue weighted by atomic mass is 19.1. The van der Waals surface area contributed by atoms with Crippen molar-refractivity contribution in [1.82, 2.24) is 4.90 Å². The summed E-state index contributed by atoms with van der Waals surface area (Å²) in [7, 11) is 0. The van der Waals surface area contributed by atoms with Crippen molar-refractivity contribution in [2.45, 2.75) is 38.9 Å². The minimum Gasteiger partial charge on any atom is -0.372 e. The standard InChI is InChI=1S/C15H20FNO2/c1-2-15(18)17-9-3-4-14(10-17)19-11-12-5-7-13(16)8-6-12/h5-8,14H,2-4,9-11H2,1H3/t14-/m1/s1. The number of carbonyl (C=O) groups excluding carboxylic acids is 1. The van der Waals surface area contributed by atoms with Gasteiger partial charge in [0.05, 0.1) is 12.7 Å². The molecule has 0 bridgehead atoms. The number of hydrogen-bond acceptors (Lipinski definition) is 2. The minimum absolute atomic E-state index is 0.0919. The van der Waals surface area contributed by atoms with Gasteiger partial charge >= 0.3 is 0 Å². The molecular weight excluding hydrogens is 245 g/mol. The fourth-order valence-electron chi connectivity index (χ4n) is 2.32. The van der Waals surface area contributed by atoms with Crippen LogP contribution in [-0.4, -0.2) is 30.0 Å². The first-order valence-corrected chi connectivity index (χ1v) is 6.83. The van der Waals surface area contributed by atoms with Crippen LogP contribution in [0, 0.1) is 5.82 Å². The Morgan fingerprint density at radius 1 is 1.42 bits per heavy atom. The molecular formula is C15H20FNO2. The molecule has 3 nitrogen and oxygen atoms in total. The van der Waals surface area contributed by atoms with Crippen molar-refractivity contribution in [1.29, 1.82) is 0 Å². The van der Waals surface area contributed by atoms with Crippen LogP contribution < -0.4 is 0 Å². The van der Waals surface area contributed by atoms with Gasteiger partial charge in [-0.15, -0.1) is 0 Å². The zero-order valence-corrected chi connectivity index (χ0v) is 11.3. The average molecular weight is 265 g/mol. The van der Waals surface area contributed by atoms with Crippen molar-refractivity contribution in [2.75, 3.05) is 13.1 Å². The van der Waals surface area contributed by atoms with Crippen LogP contribution in [0.3, 0.4) is 0 Å². The molecule has 1 aromatic rings. The number of nitrogens with zero attached hydrogens (tertiary/aromatic N) is 1. The quantitative estimate of drug-likeness (QED) is 0.837. The molecule has 1 heterocycles. The van der Waals surface area contributed by atoms with Gasteiger partial charge < -0.3 is 9.64 Å². The highest BCUT2D eigenvalue weighted by molar-refractivity contribution is 5.75. The molecule has 0 radical (unpaired) electrons. The maximum absolute atomic E-state index is 12.8. The van der Waals surface area contributed by atoms with Gasteiger partial charge in [-0.1, -0.05) is 19.1 Å². The summed E-state index contributed by atoms with van der Waals surface area (Å²) in [6.07, 6.45) is 2.61. The Balaban J connectivity index is 1.82. The first kappa shape index (κ1) is 14.0. The predicted octanol–water partition coefficient (Wildman–Crippen LogP) is 2.74. The fraction of sp³-hybridized carbons (Fsp3) is 0.533. The fourth-order valence-corrected chi connectivity index (χ4v) is 2.32. The number of carbonyl (C=O) groups is 1. The van der Waals surface area contributed by atoms with Crippen molar-refractivity contribution in [3.8, 4) is 0 Å². The smallest absolute Gasteiger partial charge is 0.222 e. The Morgan fingerprint density at radius 3 is 2.84 bits per heavy atom. The highest BCUT2D eigenvalue weighted by Crippen LogP contribution is 2.16. The van der Waals surface area contributed by atoms with Gasteiger partial charge in [-0.2, -0.15) is 0 Å². The van der Waals surface area contributed by atoms with Crippen molar-refractivity contribution in [3.63, 3.8) is 0 Å². The van der Waals surface area contributed by atoms with Crippen LogP contribution in [0.5, 0.6) is 0 Å². The summed E-state index contributed by atoms with van der Waals surface area (Å²) in [6.45, 7) is 3.86. The van der Waals surface area contributed by atoms with Crippen LogP contribution in [0.15, 0.2) is 24.3 Å². The second kappa shape index (κ2) is 6.66. The third-order valence-corrected chi connectivity index (χ3v) is 3.43. The van der Waals surface area contributed by atoms with Crippen molar-refractivity contribution >= 4 is 5.91 Å². The number of ether oxygens (including phenoxy) is 1. The van der Waals surface area contributed by atoms with Crippen LogP contribution in [0.2, 0.25) is 0 Å². The Morgan fingerprint density at radius 2 is 2.16 bits per heavy atom. The zero-order chi connectivity index (χ0) is 13.7. The SMILES string of the molecule is CCC(=O)N1CCC[C@@H](OCc2ccc(F)cc2)C1. The van der Waals surface area contributed by atoms with E-state index in [4.69, 9.17) is 4.74 Å². The lowest BCUT2D eigenvalue weighted by Crippen LogP contribution is -2.42. The summed E-state index contributed by atoms with van der Waals surface area (Å²) in [5.41, 5.74) is 0.959. The summed E-state index contributed by atoms with van der Waals surface area (Å²) in [4.78, 5) is 13.5. The van der Waals surface area contributed by atoms with Gasteiger partial charge in [-0.05, 0) is 30.5 Å². The lowest BCUT2D eigenvalue weighted by Gasteiger charge is -2.32. The van der Waals surface area contributed by atoms with Crippen LogP contribution in [0.25, 0.3) is 0 Å². The molecule has 1 atom stereocenters. The van der Waals surface area contributed by atoms with Gasteiger partial charge in [0.2, 0.25) is 5.91 Å². The highest BCUT2D eigenvalue weighted by Gasteiger charge is 2.22. The molecule has 1 fully saturated rings. The number of rotatable bonds is 4. The molecule has 104 valence electrons. The van der Waals surface area contributed by atoms with Crippen molar-refractivity contribution < 1.29 is 13.9 Å². The minimum atomic E-state index is -0.235. The van der Waals surface area contributed by atoms with E-state index >= 15 is 0 Å². The van der Waals surface area contributed by atoms with Crippen molar-refractivity contribution in [2.24, 2.45) is 0 Å². The second-order valence-corrected chi connectivity index (χ2v) is 4.90. The third-order valence-electron chi connectivity index (χ3n) is 3.43. The number of halogens is 1. The molecule has 0 aromatic heterocycles. The molecule has 0 N–H and O–H groups in total. The van der Waals surface area contributed by atoms with E-state index in [-0.39, 0.29) is 17.8 Å². The lowest BCUT2D eigenvalue weighted by atomic mass is 10.1. The van der Waals surface area contributed by atoms with Crippen molar-refractivity contribution in [3.05, 3.63) is 35.6 Å². The van der Waals surface area contributed by atoms with E-state index < -0.39 is 0 Å². The monoisotopic (exact) mass is 265 g/mol. The summed E-state index contributed by atoms with van der Waals surface area (Å²) in [6, 6.07) is 6.33. The van der Waals surface area contributed by atoms with E-state index in [1.54, 1.807) is 12.1 Å². The summed E-state index contributed by atoms with van der Waals surface area (Å²) >= 11 is 0. The van der Waals surface area contributed by atoms with E-state index in [9.17, 15) is 9.18 Å². The molecule has 0 saturated carbocycles. The summed E-state index contributed by atoms with van der Waals surface area (Å²) in [5.74, 6) is -0.0452. The molecule has 0 aliphatic carbocycles. The maximum Gasteiger partial charge on any atom is 0.222 e. The van der Waals surface area contributed by atoms with Crippen LogP contribution >= 0.6 is 0 Å². The largest absolute Gasteiger partial charge is 0.372 e. The number of benzene rings is 1.